The van der Waals surface area contributed by atoms with Gasteiger partial charge in [-0.2, -0.15) is 0 Å². The van der Waals surface area contributed by atoms with E-state index in [2.05, 4.69) is 5.32 Å². The van der Waals surface area contributed by atoms with Crippen LogP contribution < -0.4 is 10.1 Å². The van der Waals surface area contributed by atoms with E-state index in [0.717, 1.165) is 0 Å². The van der Waals surface area contributed by atoms with Crippen molar-refractivity contribution in [3.05, 3.63) is 59.7 Å². The van der Waals surface area contributed by atoms with Crippen LogP contribution in [0.15, 0.2) is 48.5 Å². The topological polar surface area (TPSA) is 78.9 Å². The molecule has 1 aliphatic rings. The highest BCUT2D eigenvalue weighted by atomic mass is 16.5. The van der Waals surface area contributed by atoms with Crippen LogP contribution in [0.5, 0.6) is 11.5 Å². The number of ether oxygens (including phenoxy) is 1. The molecule has 1 heterocycles. The number of hydrogen-bond acceptors (Lipinski definition) is 4. The smallest absolute Gasteiger partial charge is 0.321 e. The van der Waals surface area contributed by atoms with E-state index in [1.54, 1.807) is 48.5 Å². The number of hydrogen-bond donors (Lipinski definition) is 2. The number of aliphatic carboxylic acids is 1. The zero-order valence-corrected chi connectivity index (χ0v) is 15.7. The average Bonchev–Trinajstić information content (AvgIpc) is 2.69. The molecule has 3 rings (SSSR count). The Bertz CT molecular complexity index is 815. The molecule has 6 heteroatoms. The molecule has 27 heavy (non-hydrogen) atoms. The Hall–Kier alpha value is -2.86. The van der Waals surface area contributed by atoms with E-state index < -0.39 is 17.4 Å². The highest BCUT2D eigenvalue weighted by Gasteiger charge is 2.58. The summed E-state index contributed by atoms with van der Waals surface area (Å²) in [5.41, 5.74) is -0.620. The standard InChI is InChI=1S/C21H24N2O4/c1-4-23(5-2)18(19(24)22-3)21(20(25)26)14-10-6-8-12-16(14)27-17-13-9-7-11-15(17)21/h6-13,18H,4-5H2,1-3H3,(H,22,24)(H,25,26). The first-order valence-corrected chi connectivity index (χ1v) is 9.08. The van der Waals surface area contributed by atoms with Crippen LogP contribution in [0.1, 0.15) is 25.0 Å². The van der Waals surface area contributed by atoms with Gasteiger partial charge in [0.05, 0.1) is 0 Å². The molecule has 0 radical (unpaired) electrons. The molecular weight excluding hydrogens is 344 g/mol. The second-order valence-electron chi connectivity index (χ2n) is 6.45. The van der Waals surface area contributed by atoms with Crippen LogP contribution in [-0.4, -0.2) is 48.1 Å². The Morgan fingerprint density at radius 3 is 1.93 bits per heavy atom. The number of para-hydroxylation sites is 2. The third-order valence-corrected chi connectivity index (χ3v) is 5.26. The lowest BCUT2D eigenvalue weighted by Crippen LogP contribution is -2.62. The zero-order chi connectivity index (χ0) is 19.6. The summed E-state index contributed by atoms with van der Waals surface area (Å²) in [6, 6.07) is 13.2. The van der Waals surface area contributed by atoms with Crippen molar-refractivity contribution in [2.75, 3.05) is 20.1 Å². The number of carbonyl (C=O) groups is 2. The van der Waals surface area contributed by atoms with Gasteiger partial charge in [-0.15, -0.1) is 0 Å². The second-order valence-corrected chi connectivity index (χ2v) is 6.45. The van der Waals surface area contributed by atoms with Crippen LogP contribution in [0.25, 0.3) is 0 Å². The number of fused-ring (bicyclic) bond motifs is 2. The Labute approximate surface area is 158 Å². The van der Waals surface area contributed by atoms with Gasteiger partial charge < -0.3 is 15.2 Å². The summed E-state index contributed by atoms with van der Waals surface area (Å²) in [6.45, 7) is 4.92. The highest BCUT2D eigenvalue weighted by molar-refractivity contribution is 5.99. The second kappa shape index (κ2) is 7.40. The van der Waals surface area contributed by atoms with Gasteiger partial charge in [0.25, 0.3) is 0 Å². The maximum Gasteiger partial charge on any atom is 0.321 e. The lowest BCUT2D eigenvalue weighted by Gasteiger charge is -2.45. The molecule has 1 unspecified atom stereocenters. The molecule has 0 aliphatic carbocycles. The number of likely N-dealkylation sites (N-methyl/N-ethyl adjacent to an activating group) is 2. The molecule has 6 nitrogen and oxygen atoms in total. The molecule has 2 N–H and O–H groups in total. The molecule has 0 fully saturated rings. The maximum atomic E-state index is 13.0. The third-order valence-electron chi connectivity index (χ3n) is 5.26. The molecule has 1 aliphatic heterocycles. The number of nitrogens with one attached hydrogen (secondary N) is 1. The van der Waals surface area contributed by atoms with E-state index in [9.17, 15) is 14.7 Å². The monoisotopic (exact) mass is 368 g/mol. The van der Waals surface area contributed by atoms with Gasteiger partial charge >= 0.3 is 5.97 Å². The van der Waals surface area contributed by atoms with Gasteiger partial charge in [-0.25, -0.2) is 0 Å². The molecule has 1 atom stereocenters. The van der Waals surface area contributed by atoms with Crippen LogP contribution >= 0.6 is 0 Å². The van der Waals surface area contributed by atoms with Crippen LogP contribution in [0.4, 0.5) is 0 Å². The van der Waals surface area contributed by atoms with Crippen LogP contribution in [0.3, 0.4) is 0 Å². The SMILES string of the molecule is CCN(CC)C(C(=O)NC)C1(C(=O)O)c2ccccc2Oc2ccccc21. The van der Waals surface area contributed by atoms with Gasteiger partial charge in [-0.3, -0.25) is 14.5 Å². The minimum absolute atomic E-state index is 0.340. The summed E-state index contributed by atoms with van der Waals surface area (Å²) in [5.74, 6) is -0.502. The van der Waals surface area contributed by atoms with Crippen molar-refractivity contribution in [1.29, 1.82) is 0 Å². The van der Waals surface area contributed by atoms with E-state index >= 15 is 0 Å². The molecule has 0 aromatic heterocycles. The number of carbonyl (C=O) groups excluding carboxylic acids is 1. The number of rotatable bonds is 6. The minimum atomic E-state index is -1.59. The average molecular weight is 368 g/mol. The molecule has 0 bridgehead atoms. The van der Waals surface area contributed by atoms with Gasteiger partial charge in [0.15, 0.2) is 0 Å². The number of amides is 1. The molecule has 0 saturated heterocycles. The Kier molecular flexibility index (Phi) is 5.19. The Balaban J connectivity index is 2.42. The summed E-state index contributed by atoms with van der Waals surface area (Å²) >= 11 is 0. The fourth-order valence-electron chi connectivity index (χ4n) is 4.03. The molecule has 1 amide bonds. The van der Waals surface area contributed by atoms with Crippen molar-refractivity contribution >= 4 is 11.9 Å². The number of nitrogens with zero attached hydrogens (tertiary/aromatic N) is 1. The zero-order valence-electron chi connectivity index (χ0n) is 15.7. The van der Waals surface area contributed by atoms with Crippen molar-refractivity contribution in [3.8, 4) is 11.5 Å². The fraction of sp³-hybridized carbons (Fsp3) is 0.333. The van der Waals surface area contributed by atoms with Gasteiger partial charge in [0.1, 0.15) is 23.0 Å². The van der Waals surface area contributed by atoms with E-state index in [-0.39, 0.29) is 5.91 Å². The lowest BCUT2D eigenvalue weighted by molar-refractivity contribution is -0.149. The van der Waals surface area contributed by atoms with E-state index in [1.807, 2.05) is 18.7 Å². The minimum Gasteiger partial charge on any atom is -0.480 e. The summed E-state index contributed by atoms with van der Waals surface area (Å²) < 4.78 is 5.98. The first-order valence-electron chi connectivity index (χ1n) is 9.08. The highest BCUT2D eigenvalue weighted by Crippen LogP contribution is 2.51. The lowest BCUT2D eigenvalue weighted by atomic mass is 9.66. The summed E-state index contributed by atoms with van der Waals surface area (Å²) in [7, 11) is 1.53. The Morgan fingerprint density at radius 1 is 1.04 bits per heavy atom. The van der Waals surface area contributed by atoms with Crippen LogP contribution in [-0.2, 0) is 15.0 Å². The van der Waals surface area contributed by atoms with Gasteiger partial charge in [0, 0.05) is 18.2 Å². The molecule has 2 aromatic carbocycles. The molecule has 0 spiro atoms. The summed E-state index contributed by atoms with van der Waals surface area (Å²) in [5, 5.41) is 13.2. The molecule has 142 valence electrons. The van der Waals surface area contributed by atoms with E-state index in [0.29, 0.717) is 35.7 Å². The number of carboxylic acid groups (broad SMARTS) is 1. The van der Waals surface area contributed by atoms with Crippen LogP contribution in [0, 0.1) is 0 Å². The summed E-state index contributed by atoms with van der Waals surface area (Å²) in [6.07, 6.45) is 0. The van der Waals surface area contributed by atoms with Crippen molar-refractivity contribution in [3.63, 3.8) is 0 Å². The molecule has 0 saturated carbocycles. The predicted molar refractivity (Wildman–Crippen MR) is 102 cm³/mol. The largest absolute Gasteiger partial charge is 0.480 e. The van der Waals surface area contributed by atoms with E-state index in [4.69, 9.17) is 4.74 Å². The van der Waals surface area contributed by atoms with Crippen LogP contribution in [0.2, 0.25) is 0 Å². The molecular formula is C21H24N2O4. The Morgan fingerprint density at radius 2 is 1.52 bits per heavy atom. The third kappa shape index (κ3) is 2.77. The number of carboxylic acids is 1. The van der Waals surface area contributed by atoms with Crippen molar-refractivity contribution in [2.45, 2.75) is 25.3 Å². The maximum absolute atomic E-state index is 13.0. The van der Waals surface area contributed by atoms with Gasteiger partial charge in [0.2, 0.25) is 5.91 Å². The van der Waals surface area contributed by atoms with Gasteiger partial charge in [-0.05, 0) is 25.2 Å². The van der Waals surface area contributed by atoms with Gasteiger partial charge in [-0.1, -0.05) is 50.2 Å². The first-order chi connectivity index (χ1) is 13.0. The summed E-state index contributed by atoms with van der Waals surface area (Å²) in [4.78, 5) is 27.9. The molecule has 2 aromatic rings. The predicted octanol–water partition coefficient (Wildman–Crippen LogP) is 2.62. The van der Waals surface area contributed by atoms with Crippen molar-refractivity contribution in [1.82, 2.24) is 10.2 Å². The first kappa shape index (κ1) is 18.9. The quantitative estimate of drug-likeness (QED) is 0.819. The fourth-order valence-corrected chi connectivity index (χ4v) is 4.03. The van der Waals surface area contributed by atoms with Crippen molar-refractivity contribution < 1.29 is 19.4 Å². The van der Waals surface area contributed by atoms with E-state index in [1.165, 1.54) is 7.05 Å². The van der Waals surface area contributed by atoms with Crippen molar-refractivity contribution in [2.24, 2.45) is 0 Å². The number of benzene rings is 2. The normalized spacial score (nSPS) is 15.3.